The molecule has 3 aromatic carbocycles. The fourth-order valence-corrected chi connectivity index (χ4v) is 4.14. The Kier molecular flexibility index (Phi) is 7.01. The fraction of sp³-hybridized carbons (Fsp3) is 0.174. The summed E-state index contributed by atoms with van der Waals surface area (Å²) in [7, 11) is 1.69. The second-order valence-corrected chi connectivity index (χ2v) is 7.42. The molecule has 0 aromatic heterocycles. The van der Waals surface area contributed by atoms with Gasteiger partial charge >= 0.3 is 0 Å². The quantitative estimate of drug-likeness (QED) is 0.577. The lowest BCUT2D eigenvalue weighted by Crippen LogP contribution is -2.22. The van der Waals surface area contributed by atoms with Gasteiger partial charge in [-0.1, -0.05) is 84.6 Å². The number of hydrogen-bond donors (Lipinski definition) is 1. The minimum Gasteiger partial charge on any atom is -0.497 e. The van der Waals surface area contributed by atoms with Crippen LogP contribution in [0.2, 0.25) is 0 Å². The molecule has 28 heavy (non-hydrogen) atoms. The molecular weight excluding hydrogens is 388 g/mol. The molecule has 4 rings (SSSR count). The fourth-order valence-electron chi connectivity index (χ4n) is 3.25. The molecule has 144 valence electrons. The Bertz CT molecular complexity index is 901. The lowest BCUT2D eigenvalue weighted by molar-refractivity contribution is 0.414. The highest BCUT2D eigenvalue weighted by atomic mass is 35.5. The Hall–Kier alpha value is -2.43. The van der Waals surface area contributed by atoms with Gasteiger partial charge in [-0.3, -0.25) is 4.99 Å². The molecule has 5 heteroatoms. The van der Waals surface area contributed by atoms with Crippen molar-refractivity contribution in [1.82, 2.24) is 5.32 Å². The van der Waals surface area contributed by atoms with Gasteiger partial charge in [0.15, 0.2) is 5.17 Å². The number of benzene rings is 3. The summed E-state index contributed by atoms with van der Waals surface area (Å²) in [5, 5.41) is 4.63. The SMILES string of the molecule is COc1ccc(CSC2=N[C@H](c3ccccc3)[C@H](c3ccccc3)N2)cc1.Cl. The van der Waals surface area contributed by atoms with E-state index in [1.165, 1.54) is 16.7 Å². The summed E-state index contributed by atoms with van der Waals surface area (Å²) in [5.74, 6) is 1.76. The third-order valence-corrected chi connectivity index (χ3v) is 5.66. The first-order valence-corrected chi connectivity index (χ1v) is 10.0. The van der Waals surface area contributed by atoms with Crippen LogP contribution in [-0.2, 0) is 5.75 Å². The van der Waals surface area contributed by atoms with Crippen LogP contribution in [0.4, 0.5) is 0 Å². The topological polar surface area (TPSA) is 33.6 Å². The molecule has 0 bridgehead atoms. The molecule has 0 unspecified atom stereocenters. The summed E-state index contributed by atoms with van der Waals surface area (Å²) in [6.45, 7) is 0. The second-order valence-electron chi connectivity index (χ2n) is 6.46. The van der Waals surface area contributed by atoms with E-state index in [1.807, 2.05) is 18.2 Å². The third kappa shape index (κ3) is 4.70. The summed E-state index contributed by atoms with van der Waals surface area (Å²) in [5.41, 5.74) is 3.75. The van der Waals surface area contributed by atoms with E-state index in [4.69, 9.17) is 9.73 Å². The highest BCUT2D eigenvalue weighted by molar-refractivity contribution is 8.13. The van der Waals surface area contributed by atoms with Crippen molar-refractivity contribution in [3.63, 3.8) is 0 Å². The molecule has 3 aromatic rings. The zero-order valence-corrected chi connectivity index (χ0v) is 17.2. The van der Waals surface area contributed by atoms with Gasteiger partial charge in [0.2, 0.25) is 0 Å². The largest absolute Gasteiger partial charge is 0.497 e. The second kappa shape index (κ2) is 9.67. The van der Waals surface area contributed by atoms with E-state index >= 15 is 0 Å². The van der Waals surface area contributed by atoms with Crippen LogP contribution >= 0.6 is 24.2 Å². The zero-order valence-electron chi connectivity index (χ0n) is 15.6. The van der Waals surface area contributed by atoms with Crippen LogP contribution in [0.15, 0.2) is 89.9 Å². The molecule has 1 N–H and O–H groups in total. The van der Waals surface area contributed by atoms with Gasteiger partial charge in [-0.2, -0.15) is 0 Å². The van der Waals surface area contributed by atoms with Crippen molar-refractivity contribution in [1.29, 1.82) is 0 Å². The van der Waals surface area contributed by atoms with E-state index in [-0.39, 0.29) is 24.5 Å². The number of amidine groups is 1. The first-order chi connectivity index (χ1) is 13.3. The van der Waals surface area contributed by atoms with E-state index < -0.39 is 0 Å². The van der Waals surface area contributed by atoms with Gasteiger partial charge < -0.3 is 10.1 Å². The number of ether oxygens (including phenoxy) is 1. The molecule has 0 aliphatic carbocycles. The van der Waals surface area contributed by atoms with E-state index in [2.05, 4.69) is 72.0 Å². The van der Waals surface area contributed by atoms with Gasteiger partial charge in [0.05, 0.1) is 13.2 Å². The van der Waals surface area contributed by atoms with Gasteiger partial charge in [0, 0.05) is 5.75 Å². The number of methoxy groups -OCH3 is 1. The van der Waals surface area contributed by atoms with Crippen molar-refractivity contribution in [3.05, 3.63) is 102 Å². The maximum atomic E-state index is 5.23. The summed E-state index contributed by atoms with van der Waals surface area (Å²) in [6.07, 6.45) is 0. The molecule has 1 aliphatic rings. The van der Waals surface area contributed by atoms with Crippen molar-refractivity contribution in [2.75, 3.05) is 7.11 Å². The lowest BCUT2D eigenvalue weighted by atomic mass is 9.95. The predicted octanol–water partition coefficient (Wildman–Crippen LogP) is 5.79. The molecule has 0 fully saturated rings. The van der Waals surface area contributed by atoms with Crippen LogP contribution in [0.3, 0.4) is 0 Å². The van der Waals surface area contributed by atoms with Gasteiger partial charge in [-0.05, 0) is 28.8 Å². The summed E-state index contributed by atoms with van der Waals surface area (Å²) >= 11 is 1.75. The number of aliphatic imine (C=N–C) groups is 1. The molecule has 0 saturated heterocycles. The smallest absolute Gasteiger partial charge is 0.158 e. The van der Waals surface area contributed by atoms with Crippen LogP contribution in [0.5, 0.6) is 5.75 Å². The maximum absolute atomic E-state index is 5.23. The average molecular weight is 411 g/mol. The van der Waals surface area contributed by atoms with E-state index in [0.29, 0.717) is 0 Å². The minimum atomic E-state index is 0. The highest BCUT2D eigenvalue weighted by Crippen LogP contribution is 2.38. The van der Waals surface area contributed by atoms with Gasteiger partial charge in [0.25, 0.3) is 0 Å². The summed E-state index contributed by atoms with van der Waals surface area (Å²) in [6, 6.07) is 29.5. The average Bonchev–Trinajstić information content (AvgIpc) is 3.18. The molecule has 0 amide bonds. The number of nitrogens with zero attached hydrogens (tertiary/aromatic N) is 1. The number of hydrogen-bond acceptors (Lipinski definition) is 4. The van der Waals surface area contributed by atoms with E-state index in [1.54, 1.807) is 18.9 Å². The monoisotopic (exact) mass is 410 g/mol. The van der Waals surface area contributed by atoms with Crippen LogP contribution < -0.4 is 10.1 Å². The Morgan fingerprint density at radius 2 is 1.46 bits per heavy atom. The molecule has 0 saturated carbocycles. The standard InChI is InChI=1S/C23H22N2OS.ClH/c1-26-20-14-12-17(13-15-20)16-27-23-24-21(18-8-4-2-5-9-18)22(25-23)19-10-6-3-7-11-19;/h2-15,21-22H,16H2,1H3,(H,24,25);1H/t21-,22+;. The Balaban J connectivity index is 0.00000225. The van der Waals surface area contributed by atoms with Crippen molar-refractivity contribution >= 4 is 29.3 Å². The minimum absolute atomic E-state index is 0. The van der Waals surface area contributed by atoms with Gasteiger partial charge in [-0.25, -0.2) is 0 Å². The molecule has 2 atom stereocenters. The van der Waals surface area contributed by atoms with Crippen LogP contribution in [0, 0.1) is 0 Å². The molecule has 1 aliphatic heterocycles. The summed E-state index contributed by atoms with van der Waals surface area (Å²) < 4.78 is 5.23. The number of halogens is 1. The van der Waals surface area contributed by atoms with Crippen molar-refractivity contribution < 1.29 is 4.74 Å². The molecular formula is C23H23ClN2OS. The van der Waals surface area contributed by atoms with Crippen molar-refractivity contribution in [2.24, 2.45) is 4.99 Å². The first-order valence-electron chi connectivity index (χ1n) is 9.03. The van der Waals surface area contributed by atoms with Gasteiger partial charge in [-0.15, -0.1) is 12.4 Å². The Morgan fingerprint density at radius 1 is 0.857 bits per heavy atom. The molecule has 3 nitrogen and oxygen atoms in total. The molecule has 1 heterocycles. The number of nitrogens with one attached hydrogen (secondary N) is 1. The Morgan fingerprint density at radius 3 is 2.07 bits per heavy atom. The summed E-state index contributed by atoms with van der Waals surface area (Å²) in [4.78, 5) is 5.01. The number of rotatable bonds is 5. The Labute approximate surface area is 176 Å². The zero-order chi connectivity index (χ0) is 18.5. The lowest BCUT2D eigenvalue weighted by Gasteiger charge is -2.19. The highest BCUT2D eigenvalue weighted by Gasteiger charge is 2.31. The van der Waals surface area contributed by atoms with Crippen LogP contribution in [0.1, 0.15) is 28.8 Å². The van der Waals surface area contributed by atoms with E-state index in [9.17, 15) is 0 Å². The van der Waals surface area contributed by atoms with E-state index in [0.717, 1.165) is 16.7 Å². The third-order valence-electron chi connectivity index (χ3n) is 4.69. The first kappa shape index (κ1) is 20.3. The van der Waals surface area contributed by atoms with Crippen molar-refractivity contribution in [2.45, 2.75) is 17.8 Å². The van der Waals surface area contributed by atoms with Gasteiger partial charge in [0.1, 0.15) is 11.8 Å². The predicted molar refractivity (Wildman–Crippen MR) is 120 cm³/mol. The normalized spacial score (nSPS) is 18.0. The van der Waals surface area contributed by atoms with Crippen LogP contribution in [0.25, 0.3) is 0 Å². The number of thioether (sulfide) groups is 1. The molecule has 0 spiro atoms. The van der Waals surface area contributed by atoms with Crippen molar-refractivity contribution in [3.8, 4) is 5.75 Å². The molecule has 0 radical (unpaired) electrons. The maximum Gasteiger partial charge on any atom is 0.158 e. The van der Waals surface area contributed by atoms with Crippen LogP contribution in [-0.4, -0.2) is 12.3 Å².